The number of thiol groups is 1. The molecule has 84 valence electrons. The van der Waals surface area contributed by atoms with Crippen molar-refractivity contribution >= 4 is 12.6 Å². The lowest BCUT2D eigenvalue weighted by Gasteiger charge is -2.38. The SMILES string of the molecule is CC1O[C@@H](OCCS)C(O)C(O)[C@@H]1O. The molecule has 0 spiro atoms. The molecule has 6 heteroatoms. The van der Waals surface area contributed by atoms with E-state index in [9.17, 15) is 15.3 Å². The van der Waals surface area contributed by atoms with Crippen LogP contribution in [0.4, 0.5) is 0 Å². The lowest BCUT2D eigenvalue weighted by Crippen LogP contribution is -2.57. The highest BCUT2D eigenvalue weighted by Gasteiger charge is 2.42. The minimum Gasteiger partial charge on any atom is -0.388 e. The summed E-state index contributed by atoms with van der Waals surface area (Å²) < 4.78 is 10.3. The van der Waals surface area contributed by atoms with E-state index in [1.165, 1.54) is 0 Å². The zero-order chi connectivity index (χ0) is 10.7. The van der Waals surface area contributed by atoms with Gasteiger partial charge in [0, 0.05) is 5.75 Å². The number of hydrogen-bond donors (Lipinski definition) is 4. The second-order valence-corrected chi connectivity index (χ2v) is 3.72. The van der Waals surface area contributed by atoms with Gasteiger partial charge in [-0.3, -0.25) is 0 Å². The molecule has 1 fully saturated rings. The van der Waals surface area contributed by atoms with Gasteiger partial charge in [0.25, 0.3) is 0 Å². The molecule has 5 nitrogen and oxygen atoms in total. The van der Waals surface area contributed by atoms with Gasteiger partial charge in [0.05, 0.1) is 12.7 Å². The number of hydrogen-bond acceptors (Lipinski definition) is 6. The van der Waals surface area contributed by atoms with Crippen molar-refractivity contribution in [2.45, 2.75) is 37.6 Å². The maximum atomic E-state index is 9.47. The Balaban J connectivity index is 2.52. The molecule has 1 saturated heterocycles. The fourth-order valence-corrected chi connectivity index (χ4v) is 1.43. The number of rotatable bonds is 3. The van der Waals surface area contributed by atoms with E-state index in [-0.39, 0.29) is 0 Å². The van der Waals surface area contributed by atoms with Crippen LogP contribution in [0, 0.1) is 0 Å². The molecule has 5 atom stereocenters. The van der Waals surface area contributed by atoms with E-state index in [1.54, 1.807) is 6.92 Å². The molecule has 1 aliphatic heterocycles. The zero-order valence-electron chi connectivity index (χ0n) is 7.91. The van der Waals surface area contributed by atoms with Crippen LogP contribution in [0.5, 0.6) is 0 Å². The van der Waals surface area contributed by atoms with Gasteiger partial charge >= 0.3 is 0 Å². The molecule has 14 heavy (non-hydrogen) atoms. The predicted octanol–water partition coefficient (Wildman–Crippen LogP) is -1.24. The molecule has 0 aromatic heterocycles. The largest absolute Gasteiger partial charge is 0.388 e. The van der Waals surface area contributed by atoms with Crippen molar-refractivity contribution in [3.8, 4) is 0 Å². The van der Waals surface area contributed by atoms with Crippen LogP contribution in [0.25, 0.3) is 0 Å². The smallest absolute Gasteiger partial charge is 0.186 e. The quantitative estimate of drug-likeness (QED) is 0.451. The van der Waals surface area contributed by atoms with Crippen LogP contribution < -0.4 is 0 Å². The zero-order valence-corrected chi connectivity index (χ0v) is 8.80. The summed E-state index contributed by atoms with van der Waals surface area (Å²) in [6, 6.07) is 0. The van der Waals surface area contributed by atoms with E-state index in [2.05, 4.69) is 12.6 Å². The van der Waals surface area contributed by atoms with Crippen molar-refractivity contribution in [1.82, 2.24) is 0 Å². The Bertz CT molecular complexity index is 179. The van der Waals surface area contributed by atoms with Crippen molar-refractivity contribution in [3.05, 3.63) is 0 Å². The van der Waals surface area contributed by atoms with Crippen LogP contribution in [0.1, 0.15) is 6.92 Å². The minimum atomic E-state index is -1.23. The van der Waals surface area contributed by atoms with Gasteiger partial charge in [0.2, 0.25) is 0 Å². The summed E-state index contributed by atoms with van der Waals surface area (Å²) in [6.45, 7) is 1.93. The van der Waals surface area contributed by atoms with Gasteiger partial charge in [-0.05, 0) is 6.92 Å². The second-order valence-electron chi connectivity index (χ2n) is 3.28. The summed E-state index contributed by atoms with van der Waals surface area (Å²) >= 11 is 3.94. The van der Waals surface area contributed by atoms with Crippen LogP contribution in [0.15, 0.2) is 0 Å². The third-order valence-electron chi connectivity index (χ3n) is 2.18. The molecular formula is C8H16O5S. The molecule has 0 aromatic carbocycles. The van der Waals surface area contributed by atoms with Crippen LogP contribution in [0.2, 0.25) is 0 Å². The van der Waals surface area contributed by atoms with E-state index in [0.717, 1.165) is 0 Å². The Morgan fingerprint density at radius 2 is 1.86 bits per heavy atom. The third kappa shape index (κ3) is 2.59. The van der Waals surface area contributed by atoms with Crippen molar-refractivity contribution in [2.75, 3.05) is 12.4 Å². The number of ether oxygens (including phenoxy) is 2. The summed E-state index contributed by atoms with van der Waals surface area (Å²) in [5.41, 5.74) is 0. The molecule has 0 radical (unpaired) electrons. The number of aliphatic hydroxyl groups is 3. The lowest BCUT2D eigenvalue weighted by atomic mass is 10.0. The highest BCUT2D eigenvalue weighted by Crippen LogP contribution is 2.21. The Kier molecular flexibility index (Phi) is 4.62. The van der Waals surface area contributed by atoms with Gasteiger partial charge in [-0.2, -0.15) is 12.6 Å². The second kappa shape index (κ2) is 5.29. The summed E-state index contributed by atoms with van der Waals surface area (Å²) in [6.07, 6.45) is -4.99. The van der Waals surface area contributed by atoms with Gasteiger partial charge in [-0.25, -0.2) is 0 Å². The van der Waals surface area contributed by atoms with Crippen LogP contribution in [-0.4, -0.2) is 58.4 Å². The van der Waals surface area contributed by atoms with Crippen molar-refractivity contribution in [3.63, 3.8) is 0 Å². The highest BCUT2D eigenvalue weighted by molar-refractivity contribution is 7.80. The monoisotopic (exact) mass is 224 g/mol. The number of aliphatic hydroxyl groups excluding tert-OH is 3. The van der Waals surface area contributed by atoms with E-state index in [4.69, 9.17) is 9.47 Å². The fourth-order valence-electron chi connectivity index (χ4n) is 1.32. The van der Waals surface area contributed by atoms with Crippen LogP contribution in [0.3, 0.4) is 0 Å². The molecule has 1 aliphatic rings. The molecule has 1 heterocycles. The van der Waals surface area contributed by atoms with E-state index in [1.807, 2.05) is 0 Å². The van der Waals surface area contributed by atoms with Gasteiger partial charge in [-0.1, -0.05) is 0 Å². The standard InChI is InChI=1S/C8H16O5S/c1-4-5(9)6(10)7(11)8(13-4)12-2-3-14/h4-11,14H,2-3H2,1H3/t4?,5-,6?,7?,8-/m1/s1. The molecule has 0 amide bonds. The molecule has 0 aliphatic carbocycles. The van der Waals surface area contributed by atoms with E-state index >= 15 is 0 Å². The fraction of sp³-hybridized carbons (Fsp3) is 1.00. The van der Waals surface area contributed by atoms with Crippen molar-refractivity contribution in [1.29, 1.82) is 0 Å². The molecule has 0 saturated carbocycles. The minimum absolute atomic E-state index is 0.320. The Hall–Kier alpha value is 0.150. The molecule has 3 N–H and O–H groups in total. The lowest BCUT2D eigenvalue weighted by molar-refractivity contribution is -0.291. The molecule has 1 rings (SSSR count). The molecular weight excluding hydrogens is 208 g/mol. The third-order valence-corrected chi connectivity index (χ3v) is 2.36. The Labute approximate surface area is 88.1 Å². The summed E-state index contributed by atoms with van der Waals surface area (Å²) in [4.78, 5) is 0. The van der Waals surface area contributed by atoms with E-state index in [0.29, 0.717) is 12.4 Å². The average Bonchev–Trinajstić information content (AvgIpc) is 2.18. The van der Waals surface area contributed by atoms with Gasteiger partial charge in [0.15, 0.2) is 6.29 Å². The Morgan fingerprint density at radius 1 is 1.21 bits per heavy atom. The summed E-state index contributed by atoms with van der Waals surface area (Å²) in [5.74, 6) is 0.500. The first kappa shape index (κ1) is 12.2. The summed E-state index contributed by atoms with van der Waals surface area (Å²) in [7, 11) is 0. The maximum absolute atomic E-state index is 9.47. The van der Waals surface area contributed by atoms with Crippen molar-refractivity contribution < 1.29 is 24.8 Å². The van der Waals surface area contributed by atoms with E-state index < -0.39 is 30.7 Å². The topological polar surface area (TPSA) is 79.2 Å². The first-order valence-electron chi connectivity index (χ1n) is 4.50. The average molecular weight is 224 g/mol. The van der Waals surface area contributed by atoms with Crippen LogP contribution in [-0.2, 0) is 9.47 Å². The first-order chi connectivity index (χ1) is 6.57. The normalized spacial score (nSPS) is 43.9. The maximum Gasteiger partial charge on any atom is 0.186 e. The Morgan fingerprint density at radius 3 is 2.43 bits per heavy atom. The highest BCUT2D eigenvalue weighted by atomic mass is 32.1. The predicted molar refractivity (Wildman–Crippen MR) is 52.2 cm³/mol. The molecule has 3 unspecified atom stereocenters. The van der Waals surface area contributed by atoms with Gasteiger partial charge < -0.3 is 24.8 Å². The molecule has 0 aromatic rings. The van der Waals surface area contributed by atoms with Gasteiger partial charge in [0.1, 0.15) is 18.3 Å². The van der Waals surface area contributed by atoms with Crippen LogP contribution >= 0.6 is 12.6 Å². The first-order valence-corrected chi connectivity index (χ1v) is 5.13. The van der Waals surface area contributed by atoms with Gasteiger partial charge in [-0.15, -0.1) is 0 Å². The van der Waals surface area contributed by atoms with Crippen molar-refractivity contribution in [2.24, 2.45) is 0 Å². The molecule has 0 bridgehead atoms. The summed E-state index contributed by atoms with van der Waals surface area (Å²) in [5, 5.41) is 28.2.